The van der Waals surface area contributed by atoms with Crippen molar-refractivity contribution in [1.29, 1.82) is 0 Å². The van der Waals surface area contributed by atoms with Gasteiger partial charge in [-0.3, -0.25) is 4.40 Å². The first-order valence-corrected chi connectivity index (χ1v) is 8.55. The number of nitrogens with zero attached hydrogens (tertiary/aromatic N) is 3. The van der Waals surface area contributed by atoms with Gasteiger partial charge in [-0.2, -0.15) is 0 Å². The van der Waals surface area contributed by atoms with E-state index in [9.17, 15) is 8.42 Å². The van der Waals surface area contributed by atoms with Crippen LogP contribution in [0.2, 0.25) is 0 Å². The van der Waals surface area contributed by atoms with E-state index in [0.717, 1.165) is 13.0 Å². The summed E-state index contributed by atoms with van der Waals surface area (Å²) in [4.78, 5) is 6.63. The highest BCUT2D eigenvalue weighted by atomic mass is 32.2. The van der Waals surface area contributed by atoms with Gasteiger partial charge in [-0.1, -0.05) is 0 Å². The third-order valence-corrected chi connectivity index (χ3v) is 5.25. The highest BCUT2D eigenvalue weighted by Gasteiger charge is 2.25. The van der Waals surface area contributed by atoms with Gasteiger partial charge in [0, 0.05) is 17.6 Å². The predicted octanol–water partition coefficient (Wildman–Crippen LogP) is 0.596. The first-order chi connectivity index (χ1) is 9.31. The molecule has 3 N–H and O–H groups in total. The van der Waals surface area contributed by atoms with Crippen molar-refractivity contribution in [2.45, 2.75) is 24.4 Å². The van der Waals surface area contributed by atoms with E-state index in [0.29, 0.717) is 4.96 Å². The minimum Gasteiger partial charge on any atom is -0.381 e. The molecule has 0 spiro atoms. The SMILES string of the molecule is CC(CCN(C)C)NS(=O)(=O)c1c(N)nc2sccn12. The molecule has 0 saturated carbocycles. The lowest BCUT2D eigenvalue weighted by molar-refractivity contribution is 0.379. The van der Waals surface area contributed by atoms with Gasteiger partial charge in [-0.15, -0.1) is 11.3 Å². The van der Waals surface area contributed by atoms with Crippen molar-refractivity contribution in [3.05, 3.63) is 11.6 Å². The van der Waals surface area contributed by atoms with Crippen molar-refractivity contribution in [3.63, 3.8) is 0 Å². The van der Waals surface area contributed by atoms with Gasteiger partial charge < -0.3 is 10.6 Å². The van der Waals surface area contributed by atoms with Crippen LogP contribution in [0.5, 0.6) is 0 Å². The van der Waals surface area contributed by atoms with E-state index in [1.165, 1.54) is 15.7 Å². The van der Waals surface area contributed by atoms with E-state index in [4.69, 9.17) is 5.73 Å². The van der Waals surface area contributed by atoms with Crippen LogP contribution in [-0.4, -0.2) is 49.4 Å². The van der Waals surface area contributed by atoms with E-state index in [2.05, 4.69) is 9.71 Å². The van der Waals surface area contributed by atoms with Crippen LogP contribution in [-0.2, 0) is 10.0 Å². The number of thiazole rings is 1. The topological polar surface area (TPSA) is 92.7 Å². The Hall–Kier alpha value is -1.16. The first-order valence-electron chi connectivity index (χ1n) is 6.19. The van der Waals surface area contributed by atoms with Crippen LogP contribution in [0, 0.1) is 0 Å². The number of sulfonamides is 1. The van der Waals surface area contributed by atoms with Crippen LogP contribution in [0.15, 0.2) is 16.6 Å². The number of anilines is 1. The summed E-state index contributed by atoms with van der Waals surface area (Å²) in [5.41, 5.74) is 5.73. The second-order valence-electron chi connectivity index (χ2n) is 4.97. The number of fused-ring (bicyclic) bond motifs is 1. The molecule has 2 heterocycles. The van der Waals surface area contributed by atoms with Crippen LogP contribution in [0.1, 0.15) is 13.3 Å². The van der Waals surface area contributed by atoms with Crippen molar-refractivity contribution >= 4 is 32.1 Å². The summed E-state index contributed by atoms with van der Waals surface area (Å²) in [5.74, 6) is 0.0316. The second kappa shape index (κ2) is 5.68. The normalized spacial score (nSPS) is 14.2. The quantitative estimate of drug-likeness (QED) is 0.814. The monoisotopic (exact) mass is 317 g/mol. The molecule has 0 bridgehead atoms. The smallest absolute Gasteiger partial charge is 0.260 e. The number of nitrogens with one attached hydrogen (secondary N) is 1. The molecule has 0 aliphatic rings. The molecule has 0 radical (unpaired) electrons. The van der Waals surface area contributed by atoms with Crippen molar-refractivity contribution in [2.24, 2.45) is 0 Å². The van der Waals surface area contributed by atoms with Crippen molar-refractivity contribution < 1.29 is 8.42 Å². The number of imidazole rings is 1. The third kappa shape index (κ3) is 3.11. The van der Waals surface area contributed by atoms with Crippen molar-refractivity contribution in [1.82, 2.24) is 19.0 Å². The van der Waals surface area contributed by atoms with Crippen LogP contribution in [0.3, 0.4) is 0 Å². The minimum atomic E-state index is -3.68. The molecular weight excluding hydrogens is 298 g/mol. The molecule has 0 saturated heterocycles. The molecule has 0 aliphatic heterocycles. The van der Waals surface area contributed by atoms with Gasteiger partial charge in [0.05, 0.1) is 0 Å². The summed E-state index contributed by atoms with van der Waals surface area (Å²) in [5, 5.41) is 1.79. The highest BCUT2D eigenvalue weighted by molar-refractivity contribution is 7.89. The fourth-order valence-corrected chi connectivity index (χ4v) is 4.15. The van der Waals surface area contributed by atoms with Crippen molar-refractivity contribution in [3.8, 4) is 0 Å². The van der Waals surface area contributed by atoms with Gasteiger partial charge in [-0.25, -0.2) is 18.1 Å². The summed E-state index contributed by atoms with van der Waals surface area (Å²) >= 11 is 1.34. The Bertz CT molecular complexity index is 689. The molecule has 2 aromatic rings. The number of aromatic nitrogens is 2. The fourth-order valence-electron chi connectivity index (χ4n) is 1.88. The maximum absolute atomic E-state index is 12.4. The van der Waals surface area contributed by atoms with Crippen molar-refractivity contribution in [2.75, 3.05) is 26.4 Å². The molecule has 0 aliphatic carbocycles. The molecule has 7 nitrogen and oxygen atoms in total. The van der Waals surface area contributed by atoms with Gasteiger partial charge in [0.25, 0.3) is 10.0 Å². The lowest BCUT2D eigenvalue weighted by Gasteiger charge is -2.16. The molecular formula is C11H19N5O2S2. The molecule has 20 heavy (non-hydrogen) atoms. The lowest BCUT2D eigenvalue weighted by atomic mass is 10.2. The Morgan fingerprint density at radius 1 is 1.55 bits per heavy atom. The average Bonchev–Trinajstić information content (AvgIpc) is 2.84. The number of rotatable bonds is 6. The largest absolute Gasteiger partial charge is 0.381 e. The number of hydrogen-bond donors (Lipinski definition) is 2. The summed E-state index contributed by atoms with van der Waals surface area (Å²) in [6.45, 7) is 2.64. The molecule has 2 aromatic heterocycles. The molecule has 112 valence electrons. The molecule has 1 atom stereocenters. The first kappa shape index (κ1) is 15.2. The molecule has 2 rings (SSSR count). The summed E-state index contributed by atoms with van der Waals surface area (Å²) in [7, 11) is 0.221. The Balaban J connectivity index is 2.22. The molecule has 0 fully saturated rings. The van der Waals surface area contributed by atoms with Gasteiger partial charge in [0.1, 0.15) is 0 Å². The van der Waals surface area contributed by atoms with E-state index in [1.54, 1.807) is 11.6 Å². The number of nitrogens with two attached hydrogens (primary N) is 1. The van der Waals surface area contributed by atoms with E-state index < -0.39 is 10.0 Å². The number of hydrogen-bond acceptors (Lipinski definition) is 6. The third-order valence-electron chi connectivity index (χ3n) is 2.86. The summed E-state index contributed by atoms with van der Waals surface area (Å²) < 4.78 is 29.0. The van der Waals surface area contributed by atoms with Gasteiger partial charge in [0.2, 0.25) is 0 Å². The summed E-state index contributed by atoms with van der Waals surface area (Å²) in [6.07, 6.45) is 2.38. The maximum atomic E-state index is 12.4. The molecule has 9 heteroatoms. The van der Waals surface area contributed by atoms with E-state index in [1.807, 2.05) is 25.9 Å². The van der Waals surface area contributed by atoms with E-state index in [-0.39, 0.29) is 16.9 Å². The van der Waals surface area contributed by atoms with Crippen LogP contribution >= 0.6 is 11.3 Å². The van der Waals surface area contributed by atoms with Gasteiger partial charge in [0.15, 0.2) is 15.8 Å². The highest BCUT2D eigenvalue weighted by Crippen LogP contribution is 2.23. The van der Waals surface area contributed by atoms with Crippen LogP contribution < -0.4 is 10.5 Å². The Morgan fingerprint density at radius 3 is 2.90 bits per heavy atom. The zero-order valence-electron chi connectivity index (χ0n) is 11.7. The zero-order valence-corrected chi connectivity index (χ0v) is 13.3. The summed E-state index contributed by atoms with van der Waals surface area (Å²) in [6, 6.07) is -0.175. The van der Waals surface area contributed by atoms with Gasteiger partial charge in [-0.05, 0) is 34.0 Å². The lowest BCUT2D eigenvalue weighted by Crippen LogP contribution is -2.35. The minimum absolute atomic E-state index is 0.0189. The molecule has 0 aromatic carbocycles. The molecule has 0 amide bonds. The van der Waals surface area contributed by atoms with Crippen LogP contribution in [0.4, 0.5) is 5.82 Å². The number of nitrogen functional groups attached to an aromatic ring is 1. The fraction of sp³-hybridized carbons (Fsp3) is 0.545. The Kier molecular flexibility index (Phi) is 4.33. The maximum Gasteiger partial charge on any atom is 0.260 e. The molecule has 1 unspecified atom stereocenters. The van der Waals surface area contributed by atoms with E-state index >= 15 is 0 Å². The van der Waals surface area contributed by atoms with Gasteiger partial charge >= 0.3 is 0 Å². The predicted molar refractivity (Wildman–Crippen MR) is 80.4 cm³/mol. The standard InChI is InChI=1S/C11H19N5O2S2/c1-8(4-5-15(2)3)14-20(17,18)10-9(12)13-11-16(10)6-7-19-11/h6-8,14H,4-5,12H2,1-3H3. The zero-order chi connectivity index (χ0) is 14.9. The Morgan fingerprint density at radius 2 is 2.25 bits per heavy atom. The average molecular weight is 317 g/mol. The van der Waals surface area contributed by atoms with Crippen LogP contribution in [0.25, 0.3) is 4.96 Å². The Labute approximate surface area is 122 Å². The second-order valence-corrected chi connectivity index (χ2v) is 7.47.